The van der Waals surface area contributed by atoms with Crippen molar-refractivity contribution in [1.29, 1.82) is 0 Å². The summed E-state index contributed by atoms with van der Waals surface area (Å²) < 4.78 is 13.6. The van der Waals surface area contributed by atoms with Gasteiger partial charge in [-0.3, -0.25) is 0 Å². The Balaban J connectivity index is 2.00. The van der Waals surface area contributed by atoms with Crippen LogP contribution in [0.15, 0.2) is 54.6 Å². The number of rotatable bonds is 4. The smallest absolute Gasteiger partial charge is 0.131 e. The molecule has 2 rings (SSSR count). The van der Waals surface area contributed by atoms with E-state index in [4.69, 9.17) is 11.6 Å². The van der Waals surface area contributed by atoms with Crippen LogP contribution >= 0.6 is 11.6 Å². The number of halogens is 2. The predicted octanol–water partition coefficient (Wildman–Crippen LogP) is 5.69. The summed E-state index contributed by atoms with van der Waals surface area (Å²) in [7, 11) is 0. The highest BCUT2D eigenvalue weighted by Crippen LogP contribution is 2.20. The number of allylic oxidation sites excluding steroid dienone is 1. The van der Waals surface area contributed by atoms with Crippen LogP contribution in [0.25, 0.3) is 6.08 Å². The van der Waals surface area contributed by atoms with Crippen LogP contribution < -0.4 is 0 Å². The monoisotopic (exact) mass is 274 g/mol. The van der Waals surface area contributed by atoms with Gasteiger partial charge in [0, 0.05) is 10.6 Å². The van der Waals surface area contributed by atoms with Gasteiger partial charge in [0.25, 0.3) is 0 Å². The summed E-state index contributed by atoms with van der Waals surface area (Å²) in [5, 5.41) is 0.423. The average Bonchev–Trinajstić information content (AvgIpc) is 2.42. The molecule has 19 heavy (non-hydrogen) atoms. The van der Waals surface area contributed by atoms with Crippen molar-refractivity contribution in [2.24, 2.45) is 0 Å². The highest BCUT2D eigenvalue weighted by Gasteiger charge is 2.03. The summed E-state index contributed by atoms with van der Waals surface area (Å²) in [6.45, 7) is 2.16. The van der Waals surface area contributed by atoms with Gasteiger partial charge >= 0.3 is 0 Å². The minimum atomic E-state index is -0.281. The van der Waals surface area contributed by atoms with Crippen LogP contribution in [0.2, 0.25) is 5.02 Å². The quantitative estimate of drug-likeness (QED) is 0.672. The molecular weight excluding hydrogens is 259 g/mol. The van der Waals surface area contributed by atoms with E-state index in [0.29, 0.717) is 16.5 Å². The lowest BCUT2D eigenvalue weighted by Crippen LogP contribution is -1.90. The Morgan fingerprint density at radius 3 is 2.58 bits per heavy atom. The van der Waals surface area contributed by atoms with E-state index in [1.54, 1.807) is 12.1 Å². The molecule has 0 heterocycles. The first kappa shape index (κ1) is 13.8. The average molecular weight is 275 g/mol. The van der Waals surface area contributed by atoms with Crippen LogP contribution in [-0.4, -0.2) is 0 Å². The normalized spacial score (nSPS) is 12.8. The van der Waals surface area contributed by atoms with Gasteiger partial charge in [-0.05, 0) is 30.0 Å². The molecule has 0 amide bonds. The molecule has 2 aromatic rings. The van der Waals surface area contributed by atoms with Crippen molar-refractivity contribution in [2.75, 3.05) is 0 Å². The van der Waals surface area contributed by atoms with Crippen molar-refractivity contribution in [3.05, 3.63) is 76.6 Å². The van der Waals surface area contributed by atoms with Crippen molar-refractivity contribution in [3.8, 4) is 0 Å². The summed E-state index contributed by atoms with van der Waals surface area (Å²) in [5.74, 6) is 0.143. The number of hydrogen-bond donors (Lipinski definition) is 0. The Bertz CT molecular complexity index is 561. The lowest BCUT2D eigenvalue weighted by atomic mass is 9.97. The van der Waals surface area contributed by atoms with E-state index in [2.05, 4.69) is 19.1 Å². The van der Waals surface area contributed by atoms with Gasteiger partial charge in [0.2, 0.25) is 0 Å². The van der Waals surface area contributed by atoms with Gasteiger partial charge in [-0.15, -0.1) is 0 Å². The SMILES string of the molecule is C[C@H](C/C=C/c1ccc(Cl)cc1F)c1ccccc1. The summed E-state index contributed by atoms with van der Waals surface area (Å²) >= 11 is 5.72. The van der Waals surface area contributed by atoms with Crippen molar-refractivity contribution < 1.29 is 4.39 Å². The summed E-state index contributed by atoms with van der Waals surface area (Å²) in [6, 6.07) is 15.0. The minimum absolute atomic E-state index is 0.281. The molecule has 0 spiro atoms. The fourth-order valence-corrected chi connectivity index (χ4v) is 2.11. The Hall–Kier alpha value is -1.60. The largest absolute Gasteiger partial charge is 0.206 e. The molecule has 0 aromatic heterocycles. The second-order valence-corrected chi connectivity index (χ2v) is 5.05. The Morgan fingerprint density at radius 2 is 1.89 bits per heavy atom. The molecule has 2 heteroatoms. The molecule has 0 unspecified atom stereocenters. The maximum Gasteiger partial charge on any atom is 0.131 e. The zero-order valence-corrected chi connectivity index (χ0v) is 11.6. The number of benzene rings is 2. The second-order valence-electron chi connectivity index (χ2n) is 4.62. The Kier molecular flexibility index (Phi) is 4.75. The van der Waals surface area contributed by atoms with Crippen LogP contribution in [0.1, 0.15) is 30.4 Å². The fraction of sp³-hybridized carbons (Fsp3) is 0.176. The molecule has 0 fully saturated rings. The third kappa shape index (κ3) is 3.93. The molecule has 1 atom stereocenters. The van der Waals surface area contributed by atoms with E-state index in [1.165, 1.54) is 11.6 Å². The fourth-order valence-electron chi connectivity index (χ4n) is 1.95. The Morgan fingerprint density at radius 1 is 1.16 bits per heavy atom. The minimum Gasteiger partial charge on any atom is -0.206 e. The molecule has 0 bridgehead atoms. The molecule has 0 aliphatic rings. The van der Waals surface area contributed by atoms with Gasteiger partial charge < -0.3 is 0 Å². The molecule has 0 N–H and O–H groups in total. The predicted molar refractivity (Wildman–Crippen MR) is 79.9 cm³/mol. The van der Waals surface area contributed by atoms with E-state index in [0.717, 1.165) is 6.42 Å². The zero-order valence-electron chi connectivity index (χ0n) is 10.8. The first-order valence-electron chi connectivity index (χ1n) is 6.33. The van der Waals surface area contributed by atoms with E-state index in [1.807, 2.05) is 30.4 Å². The molecule has 0 aliphatic heterocycles. The summed E-state index contributed by atoms with van der Waals surface area (Å²) in [6.07, 6.45) is 4.70. The highest BCUT2D eigenvalue weighted by atomic mass is 35.5. The van der Waals surface area contributed by atoms with Crippen LogP contribution in [0.5, 0.6) is 0 Å². The van der Waals surface area contributed by atoms with E-state index in [9.17, 15) is 4.39 Å². The molecular formula is C17H16ClF. The highest BCUT2D eigenvalue weighted by molar-refractivity contribution is 6.30. The molecule has 0 saturated carbocycles. The maximum atomic E-state index is 13.6. The summed E-state index contributed by atoms with van der Waals surface area (Å²) in [4.78, 5) is 0. The lowest BCUT2D eigenvalue weighted by molar-refractivity contribution is 0.625. The molecule has 0 radical (unpaired) electrons. The van der Waals surface area contributed by atoms with Crippen molar-refractivity contribution >= 4 is 17.7 Å². The van der Waals surface area contributed by atoms with Gasteiger partial charge in [-0.25, -0.2) is 4.39 Å². The third-order valence-corrected chi connectivity index (χ3v) is 3.35. The molecule has 2 aromatic carbocycles. The summed E-state index contributed by atoms with van der Waals surface area (Å²) in [5.41, 5.74) is 1.87. The van der Waals surface area contributed by atoms with Crippen LogP contribution in [-0.2, 0) is 0 Å². The van der Waals surface area contributed by atoms with Crippen LogP contribution in [0.3, 0.4) is 0 Å². The van der Waals surface area contributed by atoms with Crippen LogP contribution in [0.4, 0.5) is 4.39 Å². The van der Waals surface area contributed by atoms with Gasteiger partial charge in [0.05, 0.1) is 0 Å². The van der Waals surface area contributed by atoms with Crippen molar-refractivity contribution in [2.45, 2.75) is 19.3 Å². The molecule has 0 saturated heterocycles. The van der Waals surface area contributed by atoms with Gasteiger partial charge in [-0.1, -0.05) is 67.1 Å². The topological polar surface area (TPSA) is 0 Å². The molecule has 98 valence electrons. The Labute approximate surface area is 118 Å². The van der Waals surface area contributed by atoms with Crippen molar-refractivity contribution in [3.63, 3.8) is 0 Å². The van der Waals surface area contributed by atoms with E-state index >= 15 is 0 Å². The van der Waals surface area contributed by atoms with Gasteiger partial charge in [-0.2, -0.15) is 0 Å². The van der Waals surface area contributed by atoms with Gasteiger partial charge in [0.1, 0.15) is 5.82 Å². The maximum absolute atomic E-state index is 13.6. The number of hydrogen-bond acceptors (Lipinski definition) is 0. The van der Waals surface area contributed by atoms with Crippen LogP contribution in [0, 0.1) is 5.82 Å². The zero-order chi connectivity index (χ0) is 13.7. The molecule has 0 nitrogen and oxygen atoms in total. The standard InChI is InChI=1S/C17H16ClF/c1-13(14-7-3-2-4-8-14)6-5-9-15-10-11-16(18)12-17(15)19/h2-5,7-13H,6H2,1H3/b9-5+/t13-/m1/s1. The molecule has 0 aliphatic carbocycles. The lowest BCUT2D eigenvalue weighted by Gasteiger charge is -2.08. The van der Waals surface area contributed by atoms with E-state index < -0.39 is 0 Å². The van der Waals surface area contributed by atoms with Gasteiger partial charge in [0.15, 0.2) is 0 Å². The van der Waals surface area contributed by atoms with E-state index in [-0.39, 0.29) is 5.82 Å². The third-order valence-electron chi connectivity index (χ3n) is 3.12. The van der Waals surface area contributed by atoms with Crippen molar-refractivity contribution in [1.82, 2.24) is 0 Å². The first-order chi connectivity index (χ1) is 9.16. The second kappa shape index (κ2) is 6.53. The first-order valence-corrected chi connectivity index (χ1v) is 6.71.